The lowest BCUT2D eigenvalue weighted by Crippen LogP contribution is -2.59. The fraction of sp³-hybridized carbons (Fsp3) is 0.355. The smallest absolute Gasteiger partial charge is 0.255 e. The van der Waals surface area contributed by atoms with E-state index in [0.29, 0.717) is 17.7 Å². The van der Waals surface area contributed by atoms with E-state index in [1.807, 2.05) is 30.3 Å². The summed E-state index contributed by atoms with van der Waals surface area (Å²) in [7, 11) is 0. The molecule has 3 aromatic rings. The highest BCUT2D eigenvalue weighted by Crippen LogP contribution is 2.29. The Balaban J connectivity index is 1.49. The number of halogens is 2. The van der Waals surface area contributed by atoms with E-state index in [4.69, 9.17) is 0 Å². The average Bonchev–Trinajstić information content (AvgIpc) is 3.25. The van der Waals surface area contributed by atoms with Gasteiger partial charge in [0.25, 0.3) is 5.91 Å². The van der Waals surface area contributed by atoms with Crippen LogP contribution in [0.2, 0.25) is 0 Å². The highest BCUT2D eigenvalue weighted by molar-refractivity contribution is 6.02. The van der Waals surface area contributed by atoms with Crippen molar-refractivity contribution in [3.05, 3.63) is 106 Å². The van der Waals surface area contributed by atoms with Crippen LogP contribution in [0, 0.1) is 11.6 Å². The van der Waals surface area contributed by atoms with Gasteiger partial charge in [0, 0.05) is 31.3 Å². The molecule has 6 nitrogen and oxygen atoms in total. The Morgan fingerprint density at radius 3 is 2.38 bits per heavy atom. The molecule has 1 heterocycles. The summed E-state index contributed by atoms with van der Waals surface area (Å²) in [5.41, 5.74) is 2.72. The standard InChI is InChI=1S/C31H35F2N3O3/c1-4-20-8-7-9-21(12-20)17-34-18-28(37)27(15-22-13-24(32)16-25(33)14-22)35-30(39)31(2,3)36-19-23-10-5-6-11-26(23)29(36)38/h5-14,16,27-28,34,37H,4,15,17-19H2,1-3H3,(H,35,39)/t27-,28+/m0/s1. The number of aryl methyl sites for hydroxylation is 1. The monoisotopic (exact) mass is 535 g/mol. The van der Waals surface area contributed by atoms with Gasteiger partial charge >= 0.3 is 0 Å². The molecule has 206 valence electrons. The number of aliphatic hydroxyl groups excluding tert-OH is 1. The molecule has 0 bridgehead atoms. The fourth-order valence-electron chi connectivity index (χ4n) is 4.91. The number of rotatable bonds is 11. The van der Waals surface area contributed by atoms with Crippen molar-refractivity contribution in [1.82, 2.24) is 15.5 Å². The van der Waals surface area contributed by atoms with Crippen LogP contribution in [0.3, 0.4) is 0 Å². The average molecular weight is 536 g/mol. The van der Waals surface area contributed by atoms with Crippen molar-refractivity contribution in [2.24, 2.45) is 0 Å². The van der Waals surface area contributed by atoms with Gasteiger partial charge < -0.3 is 20.6 Å². The minimum absolute atomic E-state index is 0.00115. The molecule has 39 heavy (non-hydrogen) atoms. The zero-order valence-electron chi connectivity index (χ0n) is 22.5. The van der Waals surface area contributed by atoms with E-state index in [1.165, 1.54) is 22.6 Å². The van der Waals surface area contributed by atoms with Crippen molar-refractivity contribution in [3.63, 3.8) is 0 Å². The van der Waals surface area contributed by atoms with Gasteiger partial charge in [0.05, 0.1) is 12.1 Å². The number of carbonyl (C=O) groups is 2. The number of amides is 2. The Bertz CT molecular complexity index is 1320. The molecule has 3 N–H and O–H groups in total. The van der Waals surface area contributed by atoms with Gasteiger partial charge in [-0.1, -0.05) is 49.4 Å². The van der Waals surface area contributed by atoms with Crippen molar-refractivity contribution in [1.29, 1.82) is 0 Å². The van der Waals surface area contributed by atoms with Gasteiger partial charge in [-0.3, -0.25) is 9.59 Å². The third kappa shape index (κ3) is 6.69. The van der Waals surface area contributed by atoms with Gasteiger partial charge in [0.2, 0.25) is 5.91 Å². The van der Waals surface area contributed by atoms with Crippen molar-refractivity contribution < 1.29 is 23.5 Å². The van der Waals surface area contributed by atoms with Crippen molar-refractivity contribution >= 4 is 11.8 Å². The summed E-state index contributed by atoms with van der Waals surface area (Å²) in [6.45, 7) is 6.30. The molecule has 3 aromatic carbocycles. The number of benzene rings is 3. The molecule has 0 fully saturated rings. The lowest BCUT2D eigenvalue weighted by atomic mass is 9.97. The van der Waals surface area contributed by atoms with Crippen molar-refractivity contribution in [3.8, 4) is 0 Å². The Labute approximate surface area is 228 Å². The molecule has 4 rings (SSSR count). The van der Waals surface area contributed by atoms with Crippen LogP contribution in [-0.4, -0.2) is 46.1 Å². The predicted octanol–water partition coefficient (Wildman–Crippen LogP) is 4.14. The number of hydrogen-bond donors (Lipinski definition) is 3. The van der Waals surface area contributed by atoms with Crippen molar-refractivity contribution in [2.45, 2.75) is 64.4 Å². The lowest BCUT2D eigenvalue weighted by molar-refractivity contribution is -0.132. The number of aliphatic hydroxyl groups is 1. The number of nitrogens with zero attached hydrogens (tertiary/aromatic N) is 1. The Kier molecular flexibility index (Phi) is 8.77. The second kappa shape index (κ2) is 12.1. The molecule has 2 atom stereocenters. The summed E-state index contributed by atoms with van der Waals surface area (Å²) >= 11 is 0. The molecule has 0 aliphatic carbocycles. The van der Waals surface area contributed by atoms with E-state index < -0.39 is 35.2 Å². The summed E-state index contributed by atoms with van der Waals surface area (Å²) in [5.74, 6) is -2.19. The summed E-state index contributed by atoms with van der Waals surface area (Å²) in [5, 5.41) is 17.2. The van der Waals surface area contributed by atoms with Crippen LogP contribution in [0.4, 0.5) is 8.78 Å². The maximum Gasteiger partial charge on any atom is 0.255 e. The maximum atomic E-state index is 13.9. The van der Waals surface area contributed by atoms with Gasteiger partial charge in [0.1, 0.15) is 17.2 Å². The van der Waals surface area contributed by atoms with Crippen LogP contribution in [0.5, 0.6) is 0 Å². The second-order valence-electron chi connectivity index (χ2n) is 10.5. The normalized spacial score (nSPS) is 14.7. The molecule has 0 saturated carbocycles. The van der Waals surface area contributed by atoms with Crippen LogP contribution in [0.25, 0.3) is 0 Å². The lowest BCUT2D eigenvalue weighted by Gasteiger charge is -2.36. The minimum Gasteiger partial charge on any atom is -0.390 e. The van der Waals surface area contributed by atoms with Gasteiger partial charge in [-0.2, -0.15) is 0 Å². The van der Waals surface area contributed by atoms with Crippen molar-refractivity contribution in [2.75, 3.05) is 6.54 Å². The van der Waals surface area contributed by atoms with Gasteiger partial charge in [-0.25, -0.2) is 8.78 Å². The van der Waals surface area contributed by atoms with E-state index in [2.05, 4.69) is 23.6 Å². The molecular weight excluding hydrogens is 500 g/mol. The molecule has 2 amide bonds. The van der Waals surface area contributed by atoms with Gasteiger partial charge in [0.15, 0.2) is 0 Å². The van der Waals surface area contributed by atoms with Crippen LogP contribution >= 0.6 is 0 Å². The quantitative estimate of drug-likeness (QED) is 0.345. The first-order valence-corrected chi connectivity index (χ1v) is 13.2. The third-order valence-electron chi connectivity index (χ3n) is 7.29. The zero-order chi connectivity index (χ0) is 28.2. The zero-order valence-corrected chi connectivity index (χ0v) is 22.5. The molecule has 1 aliphatic rings. The van der Waals surface area contributed by atoms with Crippen LogP contribution in [0.15, 0.2) is 66.7 Å². The topological polar surface area (TPSA) is 81.7 Å². The second-order valence-corrected chi connectivity index (χ2v) is 10.5. The van der Waals surface area contributed by atoms with Crippen LogP contribution in [-0.2, 0) is 30.7 Å². The molecule has 0 aromatic heterocycles. The molecule has 0 saturated heterocycles. The van der Waals surface area contributed by atoms with Gasteiger partial charge in [-0.05, 0) is 67.1 Å². The highest BCUT2D eigenvalue weighted by atomic mass is 19.1. The highest BCUT2D eigenvalue weighted by Gasteiger charge is 2.43. The Hall–Kier alpha value is -3.62. The van der Waals surface area contributed by atoms with Crippen LogP contribution in [0.1, 0.15) is 53.4 Å². The van der Waals surface area contributed by atoms with E-state index >= 15 is 0 Å². The molecule has 1 aliphatic heterocycles. The van der Waals surface area contributed by atoms with Gasteiger partial charge in [-0.15, -0.1) is 0 Å². The molecular formula is C31H35F2N3O3. The molecule has 0 unspecified atom stereocenters. The largest absolute Gasteiger partial charge is 0.390 e. The maximum absolute atomic E-state index is 13.9. The number of hydrogen-bond acceptors (Lipinski definition) is 4. The molecule has 8 heteroatoms. The number of carbonyl (C=O) groups excluding carboxylic acids is 2. The number of nitrogens with one attached hydrogen (secondary N) is 2. The van der Waals surface area contributed by atoms with E-state index in [-0.39, 0.29) is 25.4 Å². The first-order chi connectivity index (χ1) is 18.6. The summed E-state index contributed by atoms with van der Waals surface area (Å²) in [4.78, 5) is 28.1. The summed E-state index contributed by atoms with van der Waals surface area (Å²) in [6.07, 6.45) is -0.162. The first-order valence-electron chi connectivity index (χ1n) is 13.2. The van der Waals surface area contributed by atoms with E-state index in [9.17, 15) is 23.5 Å². The minimum atomic E-state index is -1.24. The fourth-order valence-corrected chi connectivity index (χ4v) is 4.91. The van der Waals surface area contributed by atoms with E-state index in [0.717, 1.165) is 23.6 Å². The Morgan fingerprint density at radius 1 is 1.00 bits per heavy atom. The third-order valence-corrected chi connectivity index (χ3v) is 7.29. The van der Waals surface area contributed by atoms with E-state index in [1.54, 1.807) is 26.0 Å². The SMILES string of the molecule is CCc1cccc(CNC[C@@H](O)[C@H](Cc2cc(F)cc(F)c2)NC(=O)C(C)(C)N2Cc3ccccc3C2=O)c1. The number of fused-ring (bicyclic) bond motifs is 1. The predicted molar refractivity (Wildman–Crippen MR) is 146 cm³/mol. The summed E-state index contributed by atoms with van der Waals surface area (Å²) in [6, 6.07) is 17.6. The summed E-state index contributed by atoms with van der Waals surface area (Å²) < 4.78 is 27.8. The first kappa shape index (κ1) is 28.4. The van der Waals surface area contributed by atoms with Crippen LogP contribution < -0.4 is 10.6 Å². The Morgan fingerprint density at radius 2 is 1.69 bits per heavy atom. The molecule has 0 spiro atoms. The molecule has 0 radical (unpaired) electrons.